The fourth-order valence-corrected chi connectivity index (χ4v) is 3.08. The van der Waals surface area contributed by atoms with Crippen molar-refractivity contribution in [2.45, 2.75) is 71.5 Å². The van der Waals surface area contributed by atoms with Crippen molar-refractivity contribution >= 4 is 21.8 Å². The van der Waals surface area contributed by atoms with Gasteiger partial charge >= 0.3 is 11.9 Å². The molecule has 0 radical (unpaired) electrons. The molecule has 24 heavy (non-hydrogen) atoms. The molecule has 0 aromatic heterocycles. The number of carbonyl (C=O) groups excluding carboxylic acids is 2. The van der Waals surface area contributed by atoms with Gasteiger partial charge in [-0.2, -0.15) is 0 Å². The van der Waals surface area contributed by atoms with Gasteiger partial charge < -0.3 is 9.47 Å². The summed E-state index contributed by atoms with van der Waals surface area (Å²) in [6.45, 7) is 8.94. The monoisotopic (exact) mass is 362 g/mol. The number of rotatable bonds is 12. The molecule has 0 aliphatic heterocycles. The molecular formula is C17H30O6S. The Bertz CT molecular complexity index is 523. The van der Waals surface area contributed by atoms with Crippen LogP contribution in [-0.2, 0) is 28.9 Å². The van der Waals surface area contributed by atoms with Gasteiger partial charge in [-0.3, -0.25) is 4.79 Å². The van der Waals surface area contributed by atoms with Crippen molar-refractivity contribution in [2.75, 3.05) is 12.0 Å². The van der Waals surface area contributed by atoms with E-state index in [0.29, 0.717) is 0 Å². The molecule has 0 saturated heterocycles. The van der Waals surface area contributed by atoms with Gasteiger partial charge in [-0.05, 0) is 26.7 Å². The third-order valence-corrected chi connectivity index (χ3v) is 4.36. The number of ether oxygens (including phenoxy) is 2. The molecule has 0 aliphatic rings. The number of hydrogen-bond donors (Lipinski definition) is 0. The lowest BCUT2D eigenvalue weighted by molar-refractivity contribution is -0.150. The van der Waals surface area contributed by atoms with Crippen LogP contribution in [0.2, 0.25) is 0 Å². The highest BCUT2D eigenvalue weighted by atomic mass is 32.2. The second kappa shape index (κ2) is 11.2. The van der Waals surface area contributed by atoms with Gasteiger partial charge in [-0.15, -0.1) is 0 Å². The Morgan fingerprint density at radius 3 is 2.21 bits per heavy atom. The molecule has 0 aromatic carbocycles. The van der Waals surface area contributed by atoms with E-state index in [1.807, 2.05) is 6.92 Å². The van der Waals surface area contributed by atoms with Crippen LogP contribution in [0.4, 0.5) is 0 Å². The van der Waals surface area contributed by atoms with Crippen molar-refractivity contribution in [3.05, 3.63) is 12.2 Å². The first-order valence-electron chi connectivity index (χ1n) is 8.31. The zero-order valence-corrected chi connectivity index (χ0v) is 16.0. The van der Waals surface area contributed by atoms with Gasteiger partial charge in [0.25, 0.3) is 0 Å². The largest absolute Gasteiger partial charge is 0.462 e. The van der Waals surface area contributed by atoms with Gasteiger partial charge in [0, 0.05) is 11.8 Å². The zero-order valence-electron chi connectivity index (χ0n) is 15.2. The van der Waals surface area contributed by atoms with Crippen LogP contribution >= 0.6 is 0 Å². The van der Waals surface area contributed by atoms with Gasteiger partial charge in [-0.25, -0.2) is 13.2 Å². The van der Waals surface area contributed by atoms with E-state index in [0.717, 1.165) is 38.4 Å². The highest BCUT2D eigenvalue weighted by molar-refractivity contribution is 7.90. The normalized spacial score (nSPS) is 13.8. The van der Waals surface area contributed by atoms with Crippen LogP contribution < -0.4 is 0 Å². The third kappa shape index (κ3) is 12.1. The van der Waals surface area contributed by atoms with Crippen LogP contribution in [0, 0.1) is 0 Å². The first kappa shape index (κ1) is 22.6. The molecule has 0 heterocycles. The first-order chi connectivity index (χ1) is 11.0. The Kier molecular flexibility index (Phi) is 10.6. The van der Waals surface area contributed by atoms with E-state index < -0.39 is 27.9 Å². The molecule has 7 heteroatoms. The van der Waals surface area contributed by atoms with E-state index in [4.69, 9.17) is 9.47 Å². The molecule has 6 nitrogen and oxygen atoms in total. The van der Waals surface area contributed by atoms with Gasteiger partial charge in [0.1, 0.15) is 6.10 Å². The fourth-order valence-electron chi connectivity index (χ4n) is 2.16. The summed E-state index contributed by atoms with van der Waals surface area (Å²) in [5.74, 6) is -1.58. The SMILES string of the molecule is C=C(CC(=O)OC(C)CCCCCC)C(=O)OC(C)CS(C)(=O)=O. The zero-order chi connectivity index (χ0) is 18.8. The summed E-state index contributed by atoms with van der Waals surface area (Å²) in [5.41, 5.74) is -0.0430. The van der Waals surface area contributed by atoms with Crippen molar-refractivity contribution in [1.29, 1.82) is 0 Å². The van der Waals surface area contributed by atoms with Crippen molar-refractivity contribution in [3.63, 3.8) is 0 Å². The quantitative estimate of drug-likeness (QED) is 0.301. The topological polar surface area (TPSA) is 86.7 Å². The molecule has 140 valence electrons. The fraction of sp³-hybridized carbons (Fsp3) is 0.765. The number of sulfone groups is 1. The lowest BCUT2D eigenvalue weighted by Crippen LogP contribution is -2.25. The van der Waals surface area contributed by atoms with Crippen LogP contribution in [0.3, 0.4) is 0 Å². The maximum Gasteiger partial charge on any atom is 0.334 e. The molecule has 2 unspecified atom stereocenters. The van der Waals surface area contributed by atoms with Crippen LogP contribution in [0.15, 0.2) is 12.2 Å². The van der Waals surface area contributed by atoms with Gasteiger partial charge in [0.2, 0.25) is 0 Å². The highest BCUT2D eigenvalue weighted by Gasteiger charge is 2.20. The number of esters is 2. The Morgan fingerprint density at radius 1 is 1.04 bits per heavy atom. The number of unbranched alkanes of at least 4 members (excludes halogenated alkanes) is 3. The van der Waals surface area contributed by atoms with Gasteiger partial charge in [0.05, 0.1) is 18.3 Å². The maximum absolute atomic E-state index is 11.8. The molecule has 0 aromatic rings. The van der Waals surface area contributed by atoms with Crippen LogP contribution in [0.5, 0.6) is 0 Å². The minimum Gasteiger partial charge on any atom is -0.462 e. The lowest BCUT2D eigenvalue weighted by Gasteiger charge is -2.15. The first-order valence-corrected chi connectivity index (χ1v) is 10.4. The maximum atomic E-state index is 11.8. The van der Waals surface area contributed by atoms with E-state index in [-0.39, 0.29) is 23.9 Å². The summed E-state index contributed by atoms with van der Waals surface area (Å²) in [6.07, 6.45) is 5.00. The second-order valence-corrected chi connectivity index (χ2v) is 8.42. The molecular weight excluding hydrogens is 332 g/mol. The van der Waals surface area contributed by atoms with Crippen LogP contribution in [0.1, 0.15) is 59.3 Å². The molecule has 0 aliphatic carbocycles. The molecule has 2 atom stereocenters. The standard InChI is InChI=1S/C17H30O6S/c1-6-7-8-9-10-14(3)22-16(18)11-13(2)17(19)23-15(4)12-24(5,20)21/h14-15H,2,6-12H2,1,3-5H3. The van der Waals surface area contributed by atoms with E-state index in [1.165, 1.54) is 6.92 Å². The Labute approximate surface area is 145 Å². The highest BCUT2D eigenvalue weighted by Crippen LogP contribution is 2.11. The summed E-state index contributed by atoms with van der Waals surface area (Å²) >= 11 is 0. The smallest absolute Gasteiger partial charge is 0.334 e. The minimum atomic E-state index is -3.25. The van der Waals surface area contributed by atoms with Crippen LogP contribution in [0.25, 0.3) is 0 Å². The minimum absolute atomic E-state index is 0.0430. The number of hydrogen-bond acceptors (Lipinski definition) is 6. The average molecular weight is 362 g/mol. The molecule has 0 rings (SSSR count). The summed E-state index contributed by atoms with van der Waals surface area (Å²) in [5, 5.41) is 0. The van der Waals surface area contributed by atoms with E-state index in [2.05, 4.69) is 13.5 Å². The summed E-state index contributed by atoms with van der Waals surface area (Å²) in [4.78, 5) is 23.6. The van der Waals surface area contributed by atoms with Gasteiger partial charge in [-0.1, -0.05) is 32.8 Å². The Morgan fingerprint density at radius 2 is 1.67 bits per heavy atom. The van der Waals surface area contributed by atoms with Gasteiger partial charge in [0.15, 0.2) is 9.84 Å². The summed E-state index contributed by atoms with van der Waals surface area (Å²) in [7, 11) is -3.25. The summed E-state index contributed by atoms with van der Waals surface area (Å²) < 4.78 is 32.5. The molecule has 0 spiro atoms. The van der Waals surface area contributed by atoms with E-state index in [1.54, 1.807) is 0 Å². The number of carbonyl (C=O) groups is 2. The third-order valence-electron chi connectivity index (χ3n) is 3.29. The summed E-state index contributed by atoms with van der Waals surface area (Å²) in [6, 6.07) is 0. The predicted molar refractivity (Wildman–Crippen MR) is 93.3 cm³/mol. The molecule has 0 saturated carbocycles. The predicted octanol–water partition coefficient (Wildman–Crippen LogP) is 2.81. The molecule has 0 fully saturated rings. The van der Waals surface area contributed by atoms with E-state index in [9.17, 15) is 18.0 Å². The van der Waals surface area contributed by atoms with Crippen molar-refractivity contribution in [2.24, 2.45) is 0 Å². The molecule has 0 amide bonds. The second-order valence-electron chi connectivity index (χ2n) is 6.24. The lowest BCUT2D eigenvalue weighted by atomic mass is 10.1. The van der Waals surface area contributed by atoms with Crippen molar-refractivity contribution < 1.29 is 27.5 Å². The Hall–Kier alpha value is -1.37. The van der Waals surface area contributed by atoms with Crippen molar-refractivity contribution in [3.8, 4) is 0 Å². The Balaban J connectivity index is 4.16. The molecule has 0 bridgehead atoms. The molecule has 0 N–H and O–H groups in total. The van der Waals surface area contributed by atoms with Crippen molar-refractivity contribution in [1.82, 2.24) is 0 Å². The van der Waals surface area contributed by atoms with E-state index >= 15 is 0 Å². The van der Waals surface area contributed by atoms with Crippen LogP contribution in [-0.4, -0.2) is 44.6 Å². The average Bonchev–Trinajstić information content (AvgIpc) is 2.41.